The van der Waals surface area contributed by atoms with Crippen LogP contribution < -0.4 is 5.32 Å². The molecule has 1 unspecified atom stereocenters. The molecule has 1 rings (SSSR count). The molecule has 16 heavy (non-hydrogen) atoms. The van der Waals surface area contributed by atoms with E-state index >= 15 is 0 Å². The molecule has 0 aromatic rings. The fourth-order valence-electron chi connectivity index (χ4n) is 1.46. The first-order chi connectivity index (χ1) is 7.59. The van der Waals surface area contributed by atoms with E-state index in [1.165, 1.54) is 0 Å². The molecular weight excluding hydrogens is 214 g/mol. The minimum Gasteiger partial charge on any atom is -0.481 e. The predicted octanol–water partition coefficient (Wildman–Crippen LogP) is 0.0631. The molecule has 0 aromatic carbocycles. The molecule has 1 fully saturated rings. The summed E-state index contributed by atoms with van der Waals surface area (Å²) in [5.41, 5.74) is 0. The number of esters is 1. The fourth-order valence-corrected chi connectivity index (χ4v) is 1.46. The Morgan fingerprint density at radius 2 is 2.06 bits per heavy atom. The number of amides is 1. The lowest BCUT2D eigenvalue weighted by Crippen LogP contribution is -2.37. The minimum absolute atomic E-state index is 0.0682. The summed E-state index contributed by atoms with van der Waals surface area (Å²) in [6.07, 6.45) is 1.81. The highest BCUT2D eigenvalue weighted by Crippen LogP contribution is 2.07. The average molecular weight is 229 g/mol. The Morgan fingerprint density at radius 3 is 2.62 bits per heavy atom. The van der Waals surface area contributed by atoms with Crippen LogP contribution in [0.1, 0.15) is 32.1 Å². The number of hydrogen-bond donors (Lipinski definition) is 2. The summed E-state index contributed by atoms with van der Waals surface area (Å²) >= 11 is 0. The Kier molecular flexibility index (Phi) is 4.75. The van der Waals surface area contributed by atoms with E-state index in [0.29, 0.717) is 25.9 Å². The van der Waals surface area contributed by atoms with Crippen molar-refractivity contribution in [3.8, 4) is 0 Å². The maximum Gasteiger partial charge on any atom is 0.328 e. The summed E-state index contributed by atoms with van der Waals surface area (Å²) in [6.45, 7) is 0.350. The molecule has 90 valence electrons. The van der Waals surface area contributed by atoms with Gasteiger partial charge in [0.05, 0.1) is 6.61 Å². The van der Waals surface area contributed by atoms with Gasteiger partial charge in [-0.1, -0.05) is 0 Å². The number of unbranched alkanes of at least 4 members (excludes halogenated alkanes) is 1. The Morgan fingerprint density at radius 1 is 1.38 bits per heavy atom. The molecule has 2 N–H and O–H groups in total. The second-order valence-corrected chi connectivity index (χ2v) is 3.68. The van der Waals surface area contributed by atoms with Gasteiger partial charge in [-0.3, -0.25) is 9.59 Å². The van der Waals surface area contributed by atoms with Gasteiger partial charge < -0.3 is 15.2 Å². The first-order valence-corrected chi connectivity index (χ1v) is 5.27. The number of carboxylic acid groups (broad SMARTS) is 1. The number of carboxylic acids is 1. The lowest BCUT2D eigenvalue weighted by Gasteiger charge is -2.08. The Labute approximate surface area is 93.0 Å². The van der Waals surface area contributed by atoms with Gasteiger partial charge in [0.15, 0.2) is 0 Å². The summed E-state index contributed by atoms with van der Waals surface area (Å²) in [7, 11) is 0. The van der Waals surface area contributed by atoms with E-state index in [1.54, 1.807) is 0 Å². The zero-order valence-corrected chi connectivity index (χ0v) is 8.90. The van der Waals surface area contributed by atoms with Crippen molar-refractivity contribution < 1.29 is 24.2 Å². The van der Waals surface area contributed by atoms with Crippen LogP contribution in [-0.2, 0) is 19.1 Å². The summed E-state index contributed by atoms with van der Waals surface area (Å²) < 4.78 is 4.69. The quantitative estimate of drug-likeness (QED) is 0.496. The van der Waals surface area contributed by atoms with E-state index in [-0.39, 0.29) is 24.7 Å². The molecule has 0 radical (unpaired) electrons. The number of carbonyl (C=O) groups excluding carboxylic acids is 2. The lowest BCUT2D eigenvalue weighted by molar-refractivity contribution is -0.141. The molecule has 1 atom stereocenters. The summed E-state index contributed by atoms with van der Waals surface area (Å²) in [6, 6.07) is -0.521. The molecule has 1 heterocycles. The van der Waals surface area contributed by atoms with Gasteiger partial charge in [-0.05, 0) is 12.8 Å². The smallest absolute Gasteiger partial charge is 0.328 e. The van der Waals surface area contributed by atoms with Crippen molar-refractivity contribution in [3.05, 3.63) is 0 Å². The third-order valence-electron chi connectivity index (χ3n) is 2.32. The van der Waals surface area contributed by atoms with Crippen LogP contribution in [0.2, 0.25) is 0 Å². The van der Waals surface area contributed by atoms with Crippen LogP contribution in [0.25, 0.3) is 0 Å². The Bertz CT molecular complexity index is 289. The van der Waals surface area contributed by atoms with Crippen molar-refractivity contribution in [1.82, 2.24) is 5.32 Å². The standard InChI is InChI=1S/C10H15NO5/c12-8(3-1-2-4-9(13)14)11-7-5-6-16-10(7)15/h7H,1-6H2,(H,11,12)(H,13,14). The van der Waals surface area contributed by atoms with Crippen LogP contribution in [0.15, 0.2) is 0 Å². The van der Waals surface area contributed by atoms with Gasteiger partial charge in [0.2, 0.25) is 5.91 Å². The number of carbonyl (C=O) groups is 3. The zero-order chi connectivity index (χ0) is 12.0. The predicted molar refractivity (Wildman–Crippen MR) is 53.6 cm³/mol. The van der Waals surface area contributed by atoms with E-state index in [0.717, 1.165) is 0 Å². The molecule has 0 aliphatic carbocycles. The number of rotatable bonds is 6. The van der Waals surface area contributed by atoms with Crippen LogP contribution in [0.4, 0.5) is 0 Å². The number of cyclic esters (lactones) is 1. The molecule has 1 saturated heterocycles. The molecule has 0 spiro atoms. The van der Waals surface area contributed by atoms with Crippen molar-refractivity contribution in [3.63, 3.8) is 0 Å². The topological polar surface area (TPSA) is 92.7 Å². The first kappa shape index (κ1) is 12.5. The second-order valence-electron chi connectivity index (χ2n) is 3.68. The van der Waals surface area contributed by atoms with Gasteiger partial charge in [0, 0.05) is 19.3 Å². The maximum absolute atomic E-state index is 11.3. The van der Waals surface area contributed by atoms with Gasteiger partial charge in [-0.2, -0.15) is 0 Å². The largest absolute Gasteiger partial charge is 0.481 e. The van der Waals surface area contributed by atoms with Crippen LogP contribution in [0.3, 0.4) is 0 Å². The van der Waals surface area contributed by atoms with Gasteiger partial charge >= 0.3 is 11.9 Å². The lowest BCUT2D eigenvalue weighted by atomic mass is 10.1. The van der Waals surface area contributed by atoms with Crippen molar-refractivity contribution >= 4 is 17.8 Å². The highest BCUT2D eigenvalue weighted by Gasteiger charge is 2.27. The molecule has 0 saturated carbocycles. The van der Waals surface area contributed by atoms with E-state index in [4.69, 9.17) is 9.84 Å². The second kappa shape index (κ2) is 6.09. The van der Waals surface area contributed by atoms with Gasteiger partial charge in [-0.25, -0.2) is 4.79 Å². The van der Waals surface area contributed by atoms with Gasteiger partial charge in [0.1, 0.15) is 6.04 Å². The van der Waals surface area contributed by atoms with E-state index in [2.05, 4.69) is 5.32 Å². The van der Waals surface area contributed by atoms with Crippen molar-refractivity contribution in [2.24, 2.45) is 0 Å². The molecule has 0 aromatic heterocycles. The van der Waals surface area contributed by atoms with Gasteiger partial charge in [0.25, 0.3) is 0 Å². The maximum atomic E-state index is 11.3. The number of ether oxygens (including phenoxy) is 1. The monoisotopic (exact) mass is 229 g/mol. The first-order valence-electron chi connectivity index (χ1n) is 5.27. The van der Waals surface area contributed by atoms with Crippen LogP contribution in [-0.4, -0.2) is 35.6 Å². The zero-order valence-electron chi connectivity index (χ0n) is 8.90. The van der Waals surface area contributed by atoms with E-state index in [1.807, 2.05) is 0 Å². The summed E-state index contributed by atoms with van der Waals surface area (Å²) in [5, 5.41) is 10.9. The Hall–Kier alpha value is -1.59. The van der Waals surface area contributed by atoms with Gasteiger partial charge in [-0.15, -0.1) is 0 Å². The molecule has 6 heteroatoms. The normalized spacial score (nSPS) is 19.2. The number of hydrogen-bond acceptors (Lipinski definition) is 4. The molecule has 6 nitrogen and oxygen atoms in total. The molecule has 0 bridgehead atoms. The average Bonchev–Trinajstić information content (AvgIpc) is 2.59. The van der Waals surface area contributed by atoms with Crippen LogP contribution in [0, 0.1) is 0 Å². The SMILES string of the molecule is O=C(O)CCCCC(=O)NC1CCOC1=O. The van der Waals surface area contributed by atoms with Crippen LogP contribution >= 0.6 is 0 Å². The minimum atomic E-state index is -0.861. The molecule has 1 amide bonds. The third kappa shape index (κ3) is 4.29. The highest BCUT2D eigenvalue weighted by atomic mass is 16.5. The summed E-state index contributed by atoms with van der Waals surface area (Å²) in [5.74, 6) is -1.48. The molecule has 1 aliphatic heterocycles. The summed E-state index contributed by atoms with van der Waals surface area (Å²) in [4.78, 5) is 32.5. The molecular formula is C10H15NO5. The fraction of sp³-hybridized carbons (Fsp3) is 0.700. The highest BCUT2D eigenvalue weighted by molar-refractivity contribution is 5.85. The van der Waals surface area contributed by atoms with Crippen molar-refractivity contribution in [1.29, 1.82) is 0 Å². The van der Waals surface area contributed by atoms with E-state index < -0.39 is 12.0 Å². The van der Waals surface area contributed by atoms with E-state index in [9.17, 15) is 14.4 Å². The Balaban J connectivity index is 2.11. The number of aliphatic carboxylic acids is 1. The van der Waals surface area contributed by atoms with Crippen LogP contribution in [0.5, 0.6) is 0 Å². The van der Waals surface area contributed by atoms with Crippen molar-refractivity contribution in [2.75, 3.05) is 6.61 Å². The van der Waals surface area contributed by atoms with Crippen molar-refractivity contribution in [2.45, 2.75) is 38.1 Å². The molecule has 1 aliphatic rings. The number of nitrogens with one attached hydrogen (secondary N) is 1. The third-order valence-corrected chi connectivity index (χ3v) is 2.32.